The number of rotatable bonds is 5. The zero-order chi connectivity index (χ0) is 20.3. The zero-order valence-corrected chi connectivity index (χ0v) is 16.4. The van der Waals surface area contributed by atoms with Crippen LogP contribution < -0.4 is 4.74 Å². The molecule has 0 radical (unpaired) electrons. The van der Waals surface area contributed by atoms with Gasteiger partial charge >= 0.3 is 0 Å². The number of hydrogen-bond donors (Lipinski definition) is 0. The quantitative estimate of drug-likeness (QED) is 0.430. The monoisotopic (exact) mass is 393 g/mol. The van der Waals surface area contributed by atoms with Gasteiger partial charge < -0.3 is 4.74 Å². The molecule has 5 rings (SSSR count). The largest absolute Gasteiger partial charge is 0.487 e. The number of pyridine rings is 2. The van der Waals surface area contributed by atoms with Gasteiger partial charge in [-0.1, -0.05) is 24.3 Å². The van der Waals surface area contributed by atoms with Crippen LogP contribution in [0.3, 0.4) is 0 Å². The van der Waals surface area contributed by atoms with E-state index in [1.807, 2.05) is 72.3 Å². The highest BCUT2D eigenvalue weighted by Crippen LogP contribution is 2.23. The molecule has 3 aromatic heterocycles. The highest BCUT2D eigenvalue weighted by Gasteiger charge is 2.11. The second-order valence-corrected chi connectivity index (χ2v) is 6.91. The third-order valence-electron chi connectivity index (χ3n) is 4.78. The number of aryl methyl sites for hydroxylation is 1. The van der Waals surface area contributed by atoms with Gasteiger partial charge in [-0.05, 0) is 55.5 Å². The van der Waals surface area contributed by atoms with E-state index in [1.165, 1.54) is 0 Å². The molecule has 2 aromatic carbocycles. The standard InChI is InChI=1S/C24H19N5O/c1-17-26-24(19-12-14-25-15-13-19)29(28-17)21-8-10-22(11-9-21)30-16-20-7-6-18-4-2-3-5-23(18)27-20/h2-15H,16H2,1H3. The first kappa shape index (κ1) is 18.0. The summed E-state index contributed by atoms with van der Waals surface area (Å²) in [6.45, 7) is 2.30. The molecule has 6 nitrogen and oxygen atoms in total. The van der Waals surface area contributed by atoms with E-state index in [-0.39, 0.29) is 0 Å². The maximum atomic E-state index is 5.94. The molecule has 0 spiro atoms. The maximum Gasteiger partial charge on any atom is 0.163 e. The highest BCUT2D eigenvalue weighted by atomic mass is 16.5. The van der Waals surface area contributed by atoms with Crippen LogP contribution in [-0.4, -0.2) is 24.7 Å². The van der Waals surface area contributed by atoms with E-state index in [4.69, 9.17) is 4.74 Å². The Morgan fingerprint density at radius 1 is 0.833 bits per heavy atom. The van der Waals surface area contributed by atoms with Gasteiger partial charge in [0.15, 0.2) is 5.82 Å². The zero-order valence-electron chi connectivity index (χ0n) is 16.4. The molecule has 0 aliphatic rings. The van der Waals surface area contributed by atoms with Crippen LogP contribution in [0.5, 0.6) is 5.75 Å². The Balaban J connectivity index is 1.35. The van der Waals surface area contributed by atoms with E-state index in [2.05, 4.69) is 32.2 Å². The summed E-state index contributed by atoms with van der Waals surface area (Å²) in [6, 6.07) is 23.8. The third-order valence-corrected chi connectivity index (χ3v) is 4.78. The van der Waals surface area contributed by atoms with Crippen LogP contribution in [0.1, 0.15) is 11.5 Å². The van der Waals surface area contributed by atoms with Crippen LogP contribution in [0.15, 0.2) is 85.2 Å². The second kappa shape index (κ2) is 7.75. The average molecular weight is 393 g/mol. The Kier molecular flexibility index (Phi) is 4.65. The van der Waals surface area contributed by atoms with E-state index in [1.54, 1.807) is 12.4 Å². The number of ether oxygens (including phenoxy) is 1. The minimum atomic E-state index is 0.412. The van der Waals surface area contributed by atoms with Crippen molar-refractivity contribution in [3.8, 4) is 22.8 Å². The fourth-order valence-corrected chi connectivity index (χ4v) is 3.31. The van der Waals surface area contributed by atoms with Crippen molar-refractivity contribution in [2.45, 2.75) is 13.5 Å². The van der Waals surface area contributed by atoms with Gasteiger partial charge in [-0.15, -0.1) is 0 Å². The van der Waals surface area contributed by atoms with Gasteiger partial charge in [0.25, 0.3) is 0 Å². The first-order valence-corrected chi connectivity index (χ1v) is 9.68. The molecular formula is C24H19N5O. The van der Waals surface area contributed by atoms with E-state index in [0.29, 0.717) is 12.4 Å². The number of fused-ring (bicyclic) bond motifs is 1. The first-order valence-electron chi connectivity index (χ1n) is 9.68. The topological polar surface area (TPSA) is 65.7 Å². The molecule has 0 aliphatic carbocycles. The lowest BCUT2D eigenvalue weighted by Crippen LogP contribution is -2.01. The maximum absolute atomic E-state index is 5.94. The molecule has 6 heteroatoms. The van der Waals surface area contributed by atoms with E-state index in [9.17, 15) is 0 Å². The van der Waals surface area contributed by atoms with E-state index in [0.717, 1.165) is 39.4 Å². The summed E-state index contributed by atoms with van der Waals surface area (Å²) in [6.07, 6.45) is 3.50. The summed E-state index contributed by atoms with van der Waals surface area (Å²) in [5.74, 6) is 2.27. The summed E-state index contributed by atoms with van der Waals surface area (Å²) in [4.78, 5) is 13.3. The number of aromatic nitrogens is 5. The SMILES string of the molecule is Cc1nc(-c2ccncc2)n(-c2ccc(OCc3ccc4ccccc4n3)cc2)n1. The van der Waals surface area contributed by atoms with Crippen LogP contribution in [-0.2, 0) is 6.61 Å². The Labute approximate surface area is 173 Å². The molecule has 0 unspecified atom stereocenters. The summed E-state index contributed by atoms with van der Waals surface area (Å²) in [5, 5.41) is 5.67. The third kappa shape index (κ3) is 3.63. The van der Waals surface area contributed by atoms with Crippen molar-refractivity contribution in [2.24, 2.45) is 0 Å². The molecule has 0 saturated heterocycles. The molecule has 0 N–H and O–H groups in total. The fourth-order valence-electron chi connectivity index (χ4n) is 3.31. The summed E-state index contributed by atoms with van der Waals surface area (Å²) in [5.41, 5.74) is 3.75. The van der Waals surface area contributed by atoms with Crippen LogP contribution >= 0.6 is 0 Å². The van der Waals surface area contributed by atoms with Gasteiger partial charge in [0, 0.05) is 23.3 Å². The van der Waals surface area contributed by atoms with Gasteiger partial charge in [-0.25, -0.2) is 14.6 Å². The molecule has 0 atom stereocenters. The Morgan fingerprint density at radius 3 is 2.47 bits per heavy atom. The summed E-state index contributed by atoms with van der Waals surface area (Å²) >= 11 is 0. The molecule has 30 heavy (non-hydrogen) atoms. The Morgan fingerprint density at radius 2 is 1.63 bits per heavy atom. The molecule has 0 fully saturated rings. The molecular weight excluding hydrogens is 374 g/mol. The van der Waals surface area contributed by atoms with E-state index < -0.39 is 0 Å². The van der Waals surface area contributed by atoms with Gasteiger partial charge in [-0.2, -0.15) is 5.10 Å². The smallest absolute Gasteiger partial charge is 0.163 e. The van der Waals surface area contributed by atoms with Crippen molar-refractivity contribution < 1.29 is 4.74 Å². The molecule has 0 bridgehead atoms. The normalized spacial score (nSPS) is 11.0. The van der Waals surface area contributed by atoms with Crippen molar-refractivity contribution in [3.05, 3.63) is 96.7 Å². The van der Waals surface area contributed by atoms with Crippen molar-refractivity contribution >= 4 is 10.9 Å². The first-order chi connectivity index (χ1) is 14.8. The lowest BCUT2D eigenvalue weighted by atomic mass is 10.2. The van der Waals surface area contributed by atoms with E-state index >= 15 is 0 Å². The van der Waals surface area contributed by atoms with Gasteiger partial charge in [0.2, 0.25) is 0 Å². The molecule has 0 amide bonds. The Hall–Kier alpha value is -4.06. The van der Waals surface area contributed by atoms with Crippen molar-refractivity contribution in [1.29, 1.82) is 0 Å². The minimum Gasteiger partial charge on any atom is -0.487 e. The Bertz CT molecular complexity index is 1300. The lowest BCUT2D eigenvalue weighted by Gasteiger charge is -2.09. The minimum absolute atomic E-state index is 0.412. The molecule has 5 aromatic rings. The molecule has 146 valence electrons. The van der Waals surface area contributed by atoms with Crippen molar-refractivity contribution in [3.63, 3.8) is 0 Å². The van der Waals surface area contributed by atoms with Gasteiger partial charge in [0.1, 0.15) is 18.2 Å². The number of nitrogens with zero attached hydrogens (tertiary/aromatic N) is 5. The molecule has 0 saturated carbocycles. The average Bonchev–Trinajstić information content (AvgIpc) is 3.20. The molecule has 3 heterocycles. The number of hydrogen-bond acceptors (Lipinski definition) is 5. The van der Waals surface area contributed by atoms with Gasteiger partial charge in [-0.3, -0.25) is 4.98 Å². The predicted molar refractivity (Wildman–Crippen MR) is 115 cm³/mol. The van der Waals surface area contributed by atoms with Crippen molar-refractivity contribution in [2.75, 3.05) is 0 Å². The summed E-state index contributed by atoms with van der Waals surface area (Å²) < 4.78 is 7.77. The van der Waals surface area contributed by atoms with Crippen LogP contribution in [0.2, 0.25) is 0 Å². The number of para-hydroxylation sites is 1. The summed E-state index contributed by atoms with van der Waals surface area (Å²) in [7, 11) is 0. The highest BCUT2D eigenvalue weighted by molar-refractivity contribution is 5.78. The fraction of sp³-hybridized carbons (Fsp3) is 0.0833. The van der Waals surface area contributed by atoms with Crippen LogP contribution in [0.4, 0.5) is 0 Å². The van der Waals surface area contributed by atoms with Gasteiger partial charge in [0.05, 0.1) is 16.9 Å². The predicted octanol–water partition coefficient (Wildman–Crippen LogP) is 4.76. The lowest BCUT2D eigenvalue weighted by molar-refractivity contribution is 0.302. The van der Waals surface area contributed by atoms with Crippen molar-refractivity contribution in [1.82, 2.24) is 24.7 Å². The van der Waals surface area contributed by atoms with Crippen LogP contribution in [0, 0.1) is 6.92 Å². The van der Waals surface area contributed by atoms with Crippen LogP contribution in [0.25, 0.3) is 28.0 Å². The molecule has 0 aliphatic heterocycles. The second-order valence-electron chi connectivity index (χ2n) is 6.91. The number of benzene rings is 2.